The third-order valence-electron chi connectivity index (χ3n) is 7.83. The molecule has 0 unspecified atom stereocenters. The van der Waals surface area contributed by atoms with Gasteiger partial charge in [-0.3, -0.25) is 4.79 Å². The molecule has 7 nitrogen and oxygen atoms in total. The van der Waals surface area contributed by atoms with Crippen LogP contribution in [0.25, 0.3) is 0 Å². The number of sulfonamides is 1. The predicted molar refractivity (Wildman–Crippen MR) is 150 cm³/mol. The lowest BCUT2D eigenvalue weighted by Crippen LogP contribution is -2.43. The van der Waals surface area contributed by atoms with E-state index in [4.69, 9.17) is 11.6 Å². The van der Waals surface area contributed by atoms with E-state index in [9.17, 15) is 18.3 Å². The van der Waals surface area contributed by atoms with Crippen molar-refractivity contribution in [2.75, 3.05) is 23.3 Å². The molecule has 9 heteroatoms. The molecule has 2 fully saturated rings. The van der Waals surface area contributed by atoms with Crippen molar-refractivity contribution in [3.05, 3.63) is 58.6 Å². The van der Waals surface area contributed by atoms with Crippen LogP contribution in [0.4, 0.5) is 11.4 Å². The summed E-state index contributed by atoms with van der Waals surface area (Å²) in [5.74, 6) is -0.129. The number of aliphatic hydroxyl groups is 1. The first-order chi connectivity index (χ1) is 17.5. The van der Waals surface area contributed by atoms with Gasteiger partial charge < -0.3 is 15.3 Å². The molecule has 1 heterocycles. The second-order valence-electron chi connectivity index (χ2n) is 10.8. The minimum absolute atomic E-state index is 0.0108. The SMILES string of the molecule is Cc1cc(NC(=O)[C@H]2CC[C@H](NS(=O)(=O)C(C)C)CC2)ccc1N1CCC(O)(c2ccc(Cl)cc2)CC1. The Labute approximate surface area is 225 Å². The number of piperidine rings is 1. The summed E-state index contributed by atoms with van der Waals surface area (Å²) in [5, 5.41) is 14.4. The van der Waals surface area contributed by atoms with Gasteiger partial charge in [0.15, 0.2) is 0 Å². The Kier molecular flexibility index (Phi) is 8.53. The van der Waals surface area contributed by atoms with Crippen molar-refractivity contribution >= 4 is 38.9 Å². The molecule has 2 aromatic rings. The van der Waals surface area contributed by atoms with E-state index in [0.717, 1.165) is 35.6 Å². The topological polar surface area (TPSA) is 98.7 Å². The van der Waals surface area contributed by atoms with Crippen molar-refractivity contribution in [3.63, 3.8) is 0 Å². The number of benzene rings is 2. The van der Waals surface area contributed by atoms with Crippen LogP contribution in [0.5, 0.6) is 0 Å². The summed E-state index contributed by atoms with van der Waals surface area (Å²) in [4.78, 5) is 15.2. The Balaban J connectivity index is 1.30. The van der Waals surface area contributed by atoms with Crippen LogP contribution in [0.15, 0.2) is 42.5 Å². The van der Waals surface area contributed by atoms with E-state index in [-0.39, 0.29) is 17.9 Å². The maximum atomic E-state index is 12.9. The zero-order valence-corrected chi connectivity index (χ0v) is 23.4. The van der Waals surface area contributed by atoms with E-state index in [2.05, 4.69) is 14.9 Å². The van der Waals surface area contributed by atoms with E-state index in [0.29, 0.717) is 43.5 Å². The fourth-order valence-electron chi connectivity index (χ4n) is 5.34. The fourth-order valence-corrected chi connectivity index (χ4v) is 6.44. The summed E-state index contributed by atoms with van der Waals surface area (Å²) >= 11 is 6.00. The second-order valence-corrected chi connectivity index (χ2v) is 13.5. The zero-order valence-electron chi connectivity index (χ0n) is 21.8. The molecule has 1 amide bonds. The van der Waals surface area contributed by atoms with Gasteiger partial charge in [-0.15, -0.1) is 0 Å². The molecule has 0 bridgehead atoms. The molecule has 3 N–H and O–H groups in total. The largest absolute Gasteiger partial charge is 0.385 e. The van der Waals surface area contributed by atoms with Gasteiger partial charge in [-0.05, 0) is 101 Å². The highest BCUT2D eigenvalue weighted by Crippen LogP contribution is 2.36. The molecule has 1 aliphatic heterocycles. The number of nitrogens with zero attached hydrogens (tertiary/aromatic N) is 1. The fraction of sp³-hybridized carbons (Fsp3) is 0.536. The number of aryl methyl sites for hydroxylation is 1. The molecular formula is C28H38ClN3O4S. The second kappa shape index (κ2) is 11.3. The number of nitrogens with one attached hydrogen (secondary N) is 2. The molecule has 4 rings (SSSR count). The Morgan fingerprint density at radius 1 is 1.05 bits per heavy atom. The highest BCUT2D eigenvalue weighted by atomic mass is 35.5. The Hall–Kier alpha value is -2.13. The van der Waals surface area contributed by atoms with Crippen molar-refractivity contribution in [1.82, 2.24) is 4.72 Å². The van der Waals surface area contributed by atoms with E-state index >= 15 is 0 Å². The average molecular weight is 548 g/mol. The zero-order chi connectivity index (χ0) is 26.8. The molecule has 0 spiro atoms. The van der Waals surface area contributed by atoms with Crippen LogP contribution in [-0.4, -0.2) is 43.8 Å². The lowest BCUT2D eigenvalue weighted by molar-refractivity contribution is -0.120. The lowest BCUT2D eigenvalue weighted by atomic mass is 9.84. The quantitative estimate of drug-likeness (QED) is 0.455. The van der Waals surface area contributed by atoms with Gasteiger partial charge >= 0.3 is 0 Å². The maximum absolute atomic E-state index is 12.9. The molecule has 1 saturated heterocycles. The van der Waals surface area contributed by atoms with Crippen LogP contribution in [0, 0.1) is 12.8 Å². The monoisotopic (exact) mass is 547 g/mol. The molecule has 37 heavy (non-hydrogen) atoms. The highest BCUT2D eigenvalue weighted by molar-refractivity contribution is 7.90. The highest BCUT2D eigenvalue weighted by Gasteiger charge is 2.34. The number of hydrogen-bond donors (Lipinski definition) is 3. The third-order valence-corrected chi connectivity index (χ3v) is 9.98. The number of amides is 1. The number of hydrogen-bond acceptors (Lipinski definition) is 5. The van der Waals surface area contributed by atoms with E-state index in [1.54, 1.807) is 13.8 Å². The molecule has 0 atom stereocenters. The molecule has 202 valence electrons. The van der Waals surface area contributed by atoms with Gasteiger partial charge in [-0.2, -0.15) is 0 Å². The summed E-state index contributed by atoms with van der Waals surface area (Å²) in [6, 6.07) is 13.3. The average Bonchev–Trinajstić information content (AvgIpc) is 2.85. The normalized spacial score (nSPS) is 22.2. The van der Waals surface area contributed by atoms with E-state index in [1.807, 2.05) is 49.4 Å². The lowest BCUT2D eigenvalue weighted by Gasteiger charge is -2.40. The standard InChI is InChI=1S/C28H38ClN3O4S/c1-19(2)37(35,36)31-24-10-4-21(5-11-24)27(33)30-25-12-13-26(20(3)18-25)32-16-14-28(34,15-17-32)22-6-8-23(29)9-7-22/h6-9,12-13,18-19,21,24,31,34H,4-5,10-11,14-17H2,1-3H3,(H,30,33)/t21-,24-. The van der Waals surface area contributed by atoms with Crippen molar-refractivity contribution in [2.24, 2.45) is 5.92 Å². The van der Waals surface area contributed by atoms with E-state index in [1.165, 1.54) is 0 Å². The number of carbonyl (C=O) groups excluding carboxylic acids is 1. The summed E-state index contributed by atoms with van der Waals surface area (Å²) in [5.41, 5.74) is 2.99. The molecule has 1 saturated carbocycles. The molecule has 0 aromatic heterocycles. The van der Waals surface area contributed by atoms with Gasteiger partial charge in [0, 0.05) is 41.4 Å². The van der Waals surface area contributed by atoms with Gasteiger partial charge in [-0.1, -0.05) is 23.7 Å². The van der Waals surface area contributed by atoms with Gasteiger partial charge in [0.1, 0.15) is 0 Å². The van der Waals surface area contributed by atoms with Crippen LogP contribution in [0.3, 0.4) is 0 Å². The van der Waals surface area contributed by atoms with Crippen molar-refractivity contribution in [3.8, 4) is 0 Å². The molecule has 2 aromatic carbocycles. The smallest absolute Gasteiger partial charge is 0.227 e. The summed E-state index contributed by atoms with van der Waals surface area (Å²) in [6.45, 7) is 6.84. The van der Waals surface area contributed by atoms with Gasteiger partial charge in [0.25, 0.3) is 0 Å². The number of halogens is 1. The summed E-state index contributed by atoms with van der Waals surface area (Å²) in [7, 11) is -3.30. The van der Waals surface area contributed by atoms with Crippen molar-refractivity contribution in [2.45, 2.75) is 76.2 Å². The van der Waals surface area contributed by atoms with Crippen LogP contribution in [0.1, 0.15) is 63.5 Å². The number of rotatable bonds is 7. The van der Waals surface area contributed by atoms with Gasteiger partial charge in [0.2, 0.25) is 15.9 Å². The van der Waals surface area contributed by atoms with E-state index < -0.39 is 20.9 Å². The Morgan fingerprint density at radius 3 is 2.24 bits per heavy atom. The minimum Gasteiger partial charge on any atom is -0.385 e. The van der Waals surface area contributed by atoms with Crippen molar-refractivity contribution in [1.29, 1.82) is 0 Å². The maximum Gasteiger partial charge on any atom is 0.227 e. The molecule has 2 aliphatic rings. The summed E-state index contributed by atoms with van der Waals surface area (Å²) in [6.07, 6.45) is 3.92. The third kappa shape index (κ3) is 6.66. The minimum atomic E-state index is -3.30. The van der Waals surface area contributed by atoms with Crippen LogP contribution < -0.4 is 14.9 Å². The first-order valence-corrected chi connectivity index (χ1v) is 15.1. The summed E-state index contributed by atoms with van der Waals surface area (Å²) < 4.78 is 27.0. The van der Waals surface area contributed by atoms with Gasteiger partial charge in [-0.25, -0.2) is 13.1 Å². The first kappa shape index (κ1) is 27.9. The number of anilines is 2. The van der Waals surface area contributed by atoms with Crippen LogP contribution in [0.2, 0.25) is 5.02 Å². The Bertz CT molecular complexity index is 1200. The first-order valence-electron chi connectivity index (χ1n) is 13.1. The van der Waals surface area contributed by atoms with Gasteiger partial charge in [0.05, 0.1) is 10.9 Å². The van der Waals surface area contributed by atoms with Crippen molar-refractivity contribution < 1.29 is 18.3 Å². The molecule has 1 aliphatic carbocycles. The van der Waals surface area contributed by atoms with Crippen LogP contribution >= 0.6 is 11.6 Å². The predicted octanol–water partition coefficient (Wildman–Crippen LogP) is 4.96. The van der Waals surface area contributed by atoms with Crippen LogP contribution in [-0.2, 0) is 20.4 Å². The Morgan fingerprint density at radius 2 is 1.68 bits per heavy atom. The number of carbonyl (C=O) groups is 1. The molecule has 0 radical (unpaired) electrons. The molecular weight excluding hydrogens is 510 g/mol.